The predicted molar refractivity (Wildman–Crippen MR) is 104 cm³/mol. The fourth-order valence-corrected chi connectivity index (χ4v) is 6.67. The van der Waals surface area contributed by atoms with E-state index in [4.69, 9.17) is 4.42 Å². The van der Waals surface area contributed by atoms with Crippen molar-refractivity contribution in [2.45, 2.75) is 45.1 Å². The summed E-state index contributed by atoms with van der Waals surface area (Å²) in [5, 5.41) is 2.90. The van der Waals surface area contributed by atoms with Crippen molar-refractivity contribution in [3.63, 3.8) is 0 Å². The topological polar surface area (TPSA) is 65.8 Å². The zero-order chi connectivity index (χ0) is 19.1. The summed E-state index contributed by atoms with van der Waals surface area (Å²) in [4.78, 5) is 29.9. The van der Waals surface area contributed by atoms with Crippen molar-refractivity contribution in [3.05, 3.63) is 24.2 Å². The molecule has 0 unspecified atom stereocenters. The molecule has 1 aliphatic heterocycles. The molecule has 5 aliphatic rings. The number of carbonyl (C=O) groups is 2. The molecular weight excluding hydrogens is 354 g/mol. The lowest BCUT2D eigenvalue weighted by molar-refractivity contribution is -0.159. The van der Waals surface area contributed by atoms with Gasteiger partial charge in [0.1, 0.15) is 5.76 Å². The minimum atomic E-state index is -0.0443. The first-order valence-corrected chi connectivity index (χ1v) is 10.9. The van der Waals surface area contributed by atoms with Crippen molar-refractivity contribution in [1.29, 1.82) is 0 Å². The Morgan fingerprint density at radius 1 is 1.04 bits per heavy atom. The fourth-order valence-electron chi connectivity index (χ4n) is 6.67. The maximum Gasteiger partial charge on any atom is 0.234 e. The van der Waals surface area contributed by atoms with E-state index in [1.807, 2.05) is 12.1 Å². The second-order valence-corrected chi connectivity index (χ2v) is 9.62. The minimum absolute atomic E-state index is 0.0114. The molecule has 6 rings (SSSR count). The highest BCUT2D eigenvalue weighted by atomic mass is 16.3. The number of hydrogen-bond donors (Lipinski definition) is 1. The first-order chi connectivity index (χ1) is 13.6. The van der Waals surface area contributed by atoms with Gasteiger partial charge in [0.2, 0.25) is 11.8 Å². The van der Waals surface area contributed by atoms with Crippen LogP contribution in [0, 0.1) is 23.2 Å². The summed E-state index contributed by atoms with van der Waals surface area (Å²) in [6.07, 6.45) is 9.11. The van der Waals surface area contributed by atoms with E-state index in [-0.39, 0.29) is 11.3 Å². The molecule has 2 heterocycles. The van der Waals surface area contributed by atoms with Crippen molar-refractivity contribution in [3.8, 4) is 0 Å². The number of amides is 2. The third-order valence-corrected chi connectivity index (χ3v) is 7.56. The summed E-state index contributed by atoms with van der Waals surface area (Å²) in [5.41, 5.74) is -0.0443. The number of nitrogens with zero attached hydrogens (tertiary/aromatic N) is 2. The van der Waals surface area contributed by atoms with Crippen LogP contribution in [-0.4, -0.2) is 54.3 Å². The molecule has 0 atom stereocenters. The number of piperazine rings is 1. The number of hydrogen-bond acceptors (Lipinski definition) is 4. The molecule has 0 spiro atoms. The Kier molecular flexibility index (Phi) is 4.69. The van der Waals surface area contributed by atoms with Crippen molar-refractivity contribution in [2.75, 3.05) is 32.7 Å². The molecule has 1 aromatic rings. The molecule has 1 saturated heterocycles. The van der Waals surface area contributed by atoms with Crippen LogP contribution in [0.4, 0.5) is 0 Å². The van der Waals surface area contributed by atoms with E-state index in [0.29, 0.717) is 19.0 Å². The molecule has 5 fully saturated rings. The minimum Gasteiger partial charge on any atom is -0.467 e. The van der Waals surface area contributed by atoms with Gasteiger partial charge in [-0.3, -0.25) is 14.5 Å². The smallest absolute Gasteiger partial charge is 0.234 e. The molecule has 152 valence electrons. The lowest BCUT2D eigenvalue weighted by Gasteiger charge is -2.57. The van der Waals surface area contributed by atoms with E-state index in [1.54, 1.807) is 6.26 Å². The Hall–Kier alpha value is -1.82. The normalized spacial score (nSPS) is 34.6. The molecule has 1 N–H and O–H groups in total. The summed E-state index contributed by atoms with van der Waals surface area (Å²) < 4.78 is 5.24. The van der Waals surface area contributed by atoms with E-state index in [2.05, 4.69) is 15.1 Å². The Labute approximate surface area is 166 Å². The van der Waals surface area contributed by atoms with Crippen LogP contribution in [0.3, 0.4) is 0 Å². The van der Waals surface area contributed by atoms with Crippen LogP contribution >= 0.6 is 0 Å². The summed E-state index contributed by atoms with van der Waals surface area (Å²) in [6, 6.07) is 3.68. The van der Waals surface area contributed by atoms with Gasteiger partial charge in [-0.05, 0) is 68.4 Å². The first kappa shape index (κ1) is 18.2. The molecular formula is C22H31N3O3. The average Bonchev–Trinajstić information content (AvgIpc) is 3.19. The summed E-state index contributed by atoms with van der Waals surface area (Å²) in [6.45, 7) is 3.90. The molecule has 0 radical (unpaired) electrons. The Balaban J connectivity index is 1.11. The average molecular weight is 386 g/mol. The van der Waals surface area contributed by atoms with Gasteiger partial charge < -0.3 is 14.6 Å². The van der Waals surface area contributed by atoms with Crippen LogP contribution in [0.1, 0.15) is 44.3 Å². The van der Waals surface area contributed by atoms with Crippen LogP contribution < -0.4 is 5.32 Å². The zero-order valence-electron chi connectivity index (χ0n) is 16.6. The van der Waals surface area contributed by atoms with Gasteiger partial charge in [-0.1, -0.05) is 0 Å². The molecule has 6 heteroatoms. The van der Waals surface area contributed by atoms with Crippen molar-refractivity contribution in [2.24, 2.45) is 23.2 Å². The van der Waals surface area contributed by atoms with Crippen LogP contribution in [-0.2, 0) is 16.1 Å². The van der Waals surface area contributed by atoms with Crippen LogP contribution in [0.2, 0.25) is 0 Å². The molecule has 28 heavy (non-hydrogen) atoms. The quantitative estimate of drug-likeness (QED) is 0.844. The molecule has 4 aliphatic carbocycles. The lowest BCUT2D eigenvalue weighted by Crippen LogP contribution is -2.58. The molecule has 4 bridgehead atoms. The summed E-state index contributed by atoms with van der Waals surface area (Å²) in [5.74, 6) is 3.60. The predicted octanol–water partition coefficient (Wildman–Crippen LogP) is 2.26. The van der Waals surface area contributed by atoms with Gasteiger partial charge in [-0.2, -0.15) is 0 Å². The van der Waals surface area contributed by atoms with Crippen LogP contribution in [0.5, 0.6) is 0 Å². The van der Waals surface area contributed by atoms with E-state index in [0.717, 1.165) is 69.0 Å². The molecule has 0 aromatic carbocycles. The van der Waals surface area contributed by atoms with Crippen molar-refractivity contribution in [1.82, 2.24) is 15.1 Å². The third-order valence-electron chi connectivity index (χ3n) is 7.56. The zero-order valence-corrected chi connectivity index (χ0v) is 16.6. The summed E-state index contributed by atoms with van der Waals surface area (Å²) in [7, 11) is 0. The third kappa shape index (κ3) is 3.47. The second-order valence-electron chi connectivity index (χ2n) is 9.62. The maximum atomic E-state index is 13.4. The molecule has 6 nitrogen and oxygen atoms in total. The number of furan rings is 1. The Morgan fingerprint density at radius 3 is 2.25 bits per heavy atom. The molecule has 1 aromatic heterocycles. The van der Waals surface area contributed by atoms with E-state index in [9.17, 15) is 9.59 Å². The molecule has 4 saturated carbocycles. The maximum absolute atomic E-state index is 13.4. The highest BCUT2D eigenvalue weighted by Crippen LogP contribution is 2.60. The number of nitrogens with one attached hydrogen (secondary N) is 1. The fraction of sp³-hybridized carbons (Fsp3) is 0.727. The monoisotopic (exact) mass is 385 g/mol. The van der Waals surface area contributed by atoms with Crippen molar-refractivity contribution < 1.29 is 14.0 Å². The van der Waals surface area contributed by atoms with E-state index in [1.165, 1.54) is 19.3 Å². The number of carbonyl (C=O) groups excluding carboxylic acids is 2. The summed E-state index contributed by atoms with van der Waals surface area (Å²) >= 11 is 0. The lowest BCUT2D eigenvalue weighted by atomic mass is 9.49. The number of rotatable bonds is 5. The van der Waals surface area contributed by atoms with Gasteiger partial charge in [0, 0.05) is 26.2 Å². The SMILES string of the molecule is O=C(CN1CCN(C(=O)C23CC4CC(CC(C4)C2)C3)CC1)NCc1ccco1. The highest BCUT2D eigenvalue weighted by molar-refractivity contribution is 5.83. The second kappa shape index (κ2) is 7.21. The van der Waals surface area contributed by atoms with E-state index < -0.39 is 0 Å². The van der Waals surface area contributed by atoms with Gasteiger partial charge in [0.15, 0.2) is 0 Å². The van der Waals surface area contributed by atoms with Gasteiger partial charge in [-0.25, -0.2) is 0 Å². The Morgan fingerprint density at radius 2 is 1.68 bits per heavy atom. The largest absolute Gasteiger partial charge is 0.467 e. The van der Waals surface area contributed by atoms with Crippen molar-refractivity contribution >= 4 is 11.8 Å². The highest BCUT2D eigenvalue weighted by Gasteiger charge is 2.55. The Bertz CT molecular complexity index is 686. The van der Waals surface area contributed by atoms with Crippen LogP contribution in [0.15, 0.2) is 22.8 Å². The standard InChI is InChI=1S/C22H31N3O3/c26-20(23-14-19-2-1-7-28-19)15-24-3-5-25(6-4-24)21(27)22-11-16-8-17(12-22)10-18(9-16)13-22/h1-2,7,16-18H,3-6,8-15H2,(H,23,26). The first-order valence-electron chi connectivity index (χ1n) is 10.9. The van der Waals surface area contributed by atoms with Gasteiger partial charge in [-0.15, -0.1) is 0 Å². The van der Waals surface area contributed by atoms with Gasteiger partial charge in [0.05, 0.1) is 24.8 Å². The van der Waals surface area contributed by atoms with Crippen LogP contribution in [0.25, 0.3) is 0 Å². The van der Waals surface area contributed by atoms with Gasteiger partial charge >= 0.3 is 0 Å². The van der Waals surface area contributed by atoms with Gasteiger partial charge in [0.25, 0.3) is 0 Å². The van der Waals surface area contributed by atoms with E-state index >= 15 is 0 Å². The molecule has 2 amide bonds.